The van der Waals surface area contributed by atoms with Gasteiger partial charge in [-0.25, -0.2) is 0 Å². The Bertz CT molecular complexity index is 795. The molecule has 0 aromatic heterocycles. The Morgan fingerprint density at radius 2 is 1.89 bits per heavy atom. The number of carbonyl (C=O) groups excluding carboxylic acids is 2. The van der Waals surface area contributed by atoms with Gasteiger partial charge in [-0.1, -0.05) is 30.3 Å². The van der Waals surface area contributed by atoms with Gasteiger partial charge in [-0.05, 0) is 49.6 Å². The Balaban J connectivity index is 1.57. The first-order chi connectivity index (χ1) is 13.6. The average molecular weight is 399 g/mol. The zero-order valence-electron chi connectivity index (χ0n) is 16.3. The van der Waals surface area contributed by atoms with E-state index in [-0.39, 0.29) is 17.1 Å². The molecule has 0 bridgehead atoms. The summed E-state index contributed by atoms with van der Waals surface area (Å²) < 4.78 is 5.14. The van der Waals surface area contributed by atoms with E-state index in [1.54, 1.807) is 48.0 Å². The average Bonchev–Trinajstić information content (AvgIpc) is 3.23. The van der Waals surface area contributed by atoms with Gasteiger partial charge in [-0.15, -0.1) is 11.8 Å². The molecule has 0 spiro atoms. The predicted octanol–water partition coefficient (Wildman–Crippen LogP) is 3.95. The van der Waals surface area contributed by atoms with Gasteiger partial charge in [-0.2, -0.15) is 0 Å². The summed E-state index contributed by atoms with van der Waals surface area (Å²) in [5.74, 6) is 1.43. The summed E-state index contributed by atoms with van der Waals surface area (Å²) >= 11 is 1.61. The van der Waals surface area contributed by atoms with Crippen molar-refractivity contribution in [2.75, 3.05) is 19.0 Å². The molecule has 1 fully saturated rings. The van der Waals surface area contributed by atoms with Crippen LogP contribution >= 0.6 is 11.8 Å². The lowest BCUT2D eigenvalue weighted by Crippen LogP contribution is -2.46. The fraction of sp³-hybridized carbons (Fsp3) is 0.364. The van der Waals surface area contributed by atoms with Crippen LogP contribution < -0.4 is 10.1 Å². The number of hydrogen-bond donors (Lipinski definition) is 1. The lowest BCUT2D eigenvalue weighted by Gasteiger charge is -2.26. The number of nitrogens with zero attached hydrogens (tertiary/aromatic N) is 1. The van der Waals surface area contributed by atoms with Crippen LogP contribution in [0, 0.1) is 0 Å². The number of methoxy groups -OCH3 is 1. The number of hydrogen-bond acceptors (Lipinski definition) is 4. The second-order valence-corrected chi connectivity index (χ2v) is 8.18. The van der Waals surface area contributed by atoms with Crippen molar-refractivity contribution >= 4 is 29.3 Å². The second kappa shape index (κ2) is 9.64. The SMILES string of the molecule is COc1ccc(NC(=O)C2CCCN2C(=O)C(C)SCc2ccccc2)cc1. The first kappa shape index (κ1) is 20.3. The number of likely N-dealkylation sites (tertiary alicyclic amines) is 1. The van der Waals surface area contributed by atoms with Crippen LogP contribution in [0.25, 0.3) is 0 Å². The topological polar surface area (TPSA) is 58.6 Å². The number of anilines is 1. The molecule has 0 radical (unpaired) electrons. The summed E-state index contributed by atoms with van der Waals surface area (Å²) in [5.41, 5.74) is 1.90. The van der Waals surface area contributed by atoms with Crippen molar-refractivity contribution in [2.45, 2.75) is 36.8 Å². The Morgan fingerprint density at radius 1 is 1.18 bits per heavy atom. The zero-order chi connectivity index (χ0) is 19.9. The summed E-state index contributed by atoms with van der Waals surface area (Å²) in [6.07, 6.45) is 1.55. The van der Waals surface area contributed by atoms with E-state index >= 15 is 0 Å². The van der Waals surface area contributed by atoms with Crippen molar-refractivity contribution in [1.82, 2.24) is 4.90 Å². The molecule has 2 amide bonds. The highest BCUT2D eigenvalue weighted by atomic mass is 32.2. The molecule has 1 aliphatic heterocycles. The van der Waals surface area contributed by atoms with Crippen molar-refractivity contribution in [2.24, 2.45) is 0 Å². The van der Waals surface area contributed by atoms with Crippen LogP contribution in [0.1, 0.15) is 25.3 Å². The maximum absolute atomic E-state index is 12.9. The summed E-state index contributed by atoms with van der Waals surface area (Å²) in [4.78, 5) is 27.4. The quantitative estimate of drug-likeness (QED) is 0.767. The summed E-state index contributed by atoms with van der Waals surface area (Å²) in [5, 5.41) is 2.74. The molecule has 1 N–H and O–H groups in total. The van der Waals surface area contributed by atoms with E-state index in [4.69, 9.17) is 4.74 Å². The predicted molar refractivity (Wildman–Crippen MR) is 114 cm³/mol. The standard InChI is InChI=1S/C22H26N2O3S/c1-16(28-15-17-7-4-3-5-8-17)22(26)24-14-6-9-20(24)21(25)23-18-10-12-19(27-2)13-11-18/h3-5,7-8,10-13,16,20H,6,9,14-15H2,1-2H3,(H,23,25). The first-order valence-corrected chi connectivity index (χ1v) is 10.5. The van der Waals surface area contributed by atoms with Gasteiger partial charge in [0.1, 0.15) is 11.8 Å². The molecule has 148 valence electrons. The van der Waals surface area contributed by atoms with Crippen LogP contribution in [0.15, 0.2) is 54.6 Å². The molecular formula is C22H26N2O3S. The lowest BCUT2D eigenvalue weighted by molar-refractivity contribution is -0.135. The molecule has 2 unspecified atom stereocenters. The van der Waals surface area contributed by atoms with Gasteiger partial charge in [0.25, 0.3) is 0 Å². The molecule has 2 aromatic rings. The highest BCUT2D eigenvalue weighted by Gasteiger charge is 2.36. The molecule has 0 saturated carbocycles. The number of nitrogens with one attached hydrogen (secondary N) is 1. The lowest BCUT2D eigenvalue weighted by atomic mass is 10.2. The Labute approximate surface area is 170 Å². The van der Waals surface area contributed by atoms with E-state index in [2.05, 4.69) is 17.4 Å². The number of rotatable bonds is 7. The first-order valence-electron chi connectivity index (χ1n) is 9.49. The van der Waals surface area contributed by atoms with Crippen LogP contribution in [0.4, 0.5) is 5.69 Å². The Morgan fingerprint density at radius 3 is 2.57 bits per heavy atom. The minimum Gasteiger partial charge on any atom is -0.497 e. The molecule has 1 saturated heterocycles. The van der Waals surface area contributed by atoms with Gasteiger partial charge in [0.05, 0.1) is 12.4 Å². The highest BCUT2D eigenvalue weighted by Crippen LogP contribution is 2.25. The van der Waals surface area contributed by atoms with Gasteiger partial charge >= 0.3 is 0 Å². The molecule has 0 aliphatic carbocycles. The van der Waals surface area contributed by atoms with Gasteiger partial charge in [0.15, 0.2) is 0 Å². The van der Waals surface area contributed by atoms with Gasteiger partial charge in [0.2, 0.25) is 11.8 Å². The zero-order valence-corrected chi connectivity index (χ0v) is 17.1. The normalized spacial score (nSPS) is 17.2. The number of carbonyl (C=O) groups is 2. The number of ether oxygens (including phenoxy) is 1. The molecule has 3 rings (SSSR count). The molecular weight excluding hydrogens is 372 g/mol. The van der Waals surface area contributed by atoms with E-state index in [1.165, 1.54) is 5.56 Å². The Hall–Kier alpha value is -2.47. The summed E-state index contributed by atoms with van der Waals surface area (Å²) in [6, 6.07) is 16.9. The molecule has 1 heterocycles. The van der Waals surface area contributed by atoms with Crippen molar-refractivity contribution < 1.29 is 14.3 Å². The fourth-order valence-corrected chi connectivity index (χ4v) is 4.22. The third-order valence-corrected chi connectivity index (χ3v) is 6.09. The summed E-state index contributed by atoms with van der Waals surface area (Å²) in [6.45, 7) is 2.56. The van der Waals surface area contributed by atoms with Crippen LogP contribution in [-0.2, 0) is 15.3 Å². The third kappa shape index (κ3) is 5.07. The maximum Gasteiger partial charge on any atom is 0.247 e. The molecule has 2 aromatic carbocycles. The molecule has 6 heteroatoms. The largest absolute Gasteiger partial charge is 0.497 e. The molecule has 2 atom stereocenters. The van der Waals surface area contributed by atoms with Crippen LogP contribution in [-0.4, -0.2) is 41.7 Å². The molecule has 1 aliphatic rings. The number of benzene rings is 2. The van der Waals surface area contributed by atoms with Crippen molar-refractivity contribution in [3.8, 4) is 5.75 Å². The molecule has 5 nitrogen and oxygen atoms in total. The third-order valence-electron chi connectivity index (χ3n) is 4.89. The van der Waals surface area contributed by atoms with E-state index < -0.39 is 6.04 Å². The minimum absolute atomic E-state index is 0.0355. The van der Waals surface area contributed by atoms with Crippen molar-refractivity contribution in [3.05, 3.63) is 60.2 Å². The van der Waals surface area contributed by atoms with E-state index in [1.807, 2.05) is 25.1 Å². The fourth-order valence-electron chi connectivity index (χ4n) is 3.30. The second-order valence-electron chi connectivity index (χ2n) is 6.85. The summed E-state index contributed by atoms with van der Waals surface area (Å²) in [7, 11) is 1.60. The van der Waals surface area contributed by atoms with Gasteiger partial charge < -0.3 is 15.0 Å². The van der Waals surface area contributed by atoms with Crippen LogP contribution in [0.5, 0.6) is 5.75 Å². The van der Waals surface area contributed by atoms with Crippen molar-refractivity contribution in [1.29, 1.82) is 0 Å². The minimum atomic E-state index is -0.408. The van der Waals surface area contributed by atoms with Crippen LogP contribution in [0.3, 0.4) is 0 Å². The van der Waals surface area contributed by atoms with Gasteiger partial charge in [-0.3, -0.25) is 9.59 Å². The van der Waals surface area contributed by atoms with Gasteiger partial charge in [0, 0.05) is 18.0 Å². The van der Waals surface area contributed by atoms with Crippen molar-refractivity contribution in [3.63, 3.8) is 0 Å². The smallest absolute Gasteiger partial charge is 0.247 e. The molecule has 28 heavy (non-hydrogen) atoms. The van der Waals surface area contributed by atoms with E-state index in [9.17, 15) is 9.59 Å². The van der Waals surface area contributed by atoms with E-state index in [0.29, 0.717) is 18.7 Å². The monoisotopic (exact) mass is 398 g/mol. The van der Waals surface area contributed by atoms with E-state index in [0.717, 1.165) is 17.9 Å². The number of thioether (sulfide) groups is 1. The maximum atomic E-state index is 12.9. The van der Waals surface area contributed by atoms with Crippen LogP contribution in [0.2, 0.25) is 0 Å². The Kier molecular flexibility index (Phi) is 6.98. The number of amides is 2. The highest BCUT2D eigenvalue weighted by molar-refractivity contribution is 7.99.